The minimum Gasteiger partial charge on any atom is -0.398 e. The quantitative estimate of drug-likeness (QED) is 0.849. The van der Waals surface area contributed by atoms with Crippen molar-refractivity contribution < 1.29 is 9.18 Å². The Balaban J connectivity index is 2.00. The predicted octanol–water partition coefficient (Wildman–Crippen LogP) is 2.40. The van der Waals surface area contributed by atoms with E-state index in [1.807, 2.05) is 43.3 Å². The number of carbonyl (C=O) groups excluding carboxylic acids is 1. The smallest absolute Gasteiger partial charge is 0.253 e. The van der Waals surface area contributed by atoms with Crippen molar-refractivity contribution in [3.05, 3.63) is 59.4 Å². The van der Waals surface area contributed by atoms with E-state index in [4.69, 9.17) is 5.73 Å². The zero-order chi connectivity index (χ0) is 15.4. The molecule has 1 amide bonds. The van der Waals surface area contributed by atoms with Gasteiger partial charge in [0.1, 0.15) is 5.82 Å². The molecule has 0 spiro atoms. The summed E-state index contributed by atoms with van der Waals surface area (Å²) in [5.74, 6) is -0.771. The number of nitrogens with two attached hydrogens (primary N) is 1. The van der Waals surface area contributed by atoms with Gasteiger partial charge in [0.15, 0.2) is 0 Å². The Hall–Kier alpha value is -2.56. The molecule has 0 aromatic heterocycles. The molecule has 5 heteroatoms. The highest BCUT2D eigenvalue weighted by molar-refractivity contribution is 5.99. The van der Waals surface area contributed by atoms with Crippen LogP contribution >= 0.6 is 0 Å². The second-order valence-electron chi connectivity index (χ2n) is 4.98. The standard InChI is InChI=1S/C16H18FN3O/c1-20(2)13-6-3-11(4-7-13)10-19-16(21)14-8-5-12(17)9-15(14)18/h3-9H,10,18H2,1-2H3,(H,19,21). The van der Waals surface area contributed by atoms with Gasteiger partial charge in [-0.1, -0.05) is 12.1 Å². The third-order valence-electron chi connectivity index (χ3n) is 3.16. The minimum atomic E-state index is -0.455. The van der Waals surface area contributed by atoms with Gasteiger partial charge in [0.05, 0.1) is 5.56 Å². The highest BCUT2D eigenvalue weighted by Crippen LogP contribution is 2.14. The van der Waals surface area contributed by atoms with Gasteiger partial charge in [-0.3, -0.25) is 4.79 Å². The van der Waals surface area contributed by atoms with Crippen LogP contribution < -0.4 is 16.0 Å². The molecule has 0 aliphatic heterocycles. The number of nitrogens with one attached hydrogen (secondary N) is 1. The molecule has 0 aliphatic carbocycles. The fourth-order valence-corrected chi connectivity index (χ4v) is 1.93. The van der Waals surface area contributed by atoms with Gasteiger partial charge in [-0.25, -0.2) is 4.39 Å². The number of amides is 1. The molecule has 3 N–H and O–H groups in total. The normalized spacial score (nSPS) is 10.2. The number of rotatable bonds is 4. The Kier molecular flexibility index (Phi) is 4.42. The SMILES string of the molecule is CN(C)c1ccc(CNC(=O)c2ccc(F)cc2N)cc1. The maximum atomic E-state index is 12.9. The van der Waals surface area contributed by atoms with Crippen molar-refractivity contribution in [1.82, 2.24) is 5.32 Å². The predicted molar refractivity (Wildman–Crippen MR) is 82.8 cm³/mol. The lowest BCUT2D eigenvalue weighted by Crippen LogP contribution is -2.23. The van der Waals surface area contributed by atoms with Gasteiger partial charge >= 0.3 is 0 Å². The van der Waals surface area contributed by atoms with Crippen LogP contribution in [0.1, 0.15) is 15.9 Å². The Morgan fingerprint density at radius 3 is 2.43 bits per heavy atom. The molecule has 0 fully saturated rings. The van der Waals surface area contributed by atoms with Crippen molar-refractivity contribution in [1.29, 1.82) is 0 Å². The minimum absolute atomic E-state index is 0.135. The second kappa shape index (κ2) is 6.26. The number of hydrogen-bond acceptors (Lipinski definition) is 3. The van der Waals surface area contributed by atoms with Crippen LogP contribution in [-0.4, -0.2) is 20.0 Å². The third-order valence-corrected chi connectivity index (χ3v) is 3.16. The van der Waals surface area contributed by atoms with E-state index in [-0.39, 0.29) is 17.2 Å². The molecule has 21 heavy (non-hydrogen) atoms. The van der Waals surface area contributed by atoms with Gasteiger partial charge < -0.3 is 16.0 Å². The number of benzene rings is 2. The van der Waals surface area contributed by atoms with Crippen molar-refractivity contribution in [2.45, 2.75) is 6.54 Å². The van der Waals surface area contributed by atoms with E-state index in [1.165, 1.54) is 12.1 Å². The summed E-state index contributed by atoms with van der Waals surface area (Å²) in [6, 6.07) is 11.6. The van der Waals surface area contributed by atoms with Crippen LogP contribution in [0.4, 0.5) is 15.8 Å². The van der Waals surface area contributed by atoms with Crippen molar-refractivity contribution in [3.63, 3.8) is 0 Å². The summed E-state index contributed by atoms with van der Waals surface area (Å²) in [5.41, 5.74) is 8.12. The number of halogens is 1. The molecule has 0 saturated heterocycles. The average molecular weight is 287 g/mol. The first-order chi connectivity index (χ1) is 9.97. The fraction of sp³-hybridized carbons (Fsp3) is 0.188. The van der Waals surface area contributed by atoms with Crippen molar-refractivity contribution in [3.8, 4) is 0 Å². The Labute approximate surface area is 123 Å². The molecule has 0 atom stereocenters. The molecule has 0 saturated carbocycles. The summed E-state index contributed by atoms with van der Waals surface area (Å²) in [6.45, 7) is 0.392. The third kappa shape index (κ3) is 3.72. The molecular formula is C16H18FN3O. The zero-order valence-electron chi connectivity index (χ0n) is 12.1. The molecule has 2 rings (SSSR count). The summed E-state index contributed by atoms with van der Waals surface area (Å²) in [5, 5.41) is 2.77. The topological polar surface area (TPSA) is 58.4 Å². The molecule has 0 unspecified atom stereocenters. The Morgan fingerprint density at radius 2 is 1.86 bits per heavy atom. The number of nitrogens with zero attached hydrogens (tertiary/aromatic N) is 1. The number of nitrogen functional groups attached to an aromatic ring is 1. The van der Waals surface area contributed by atoms with Crippen LogP contribution in [0.25, 0.3) is 0 Å². The molecular weight excluding hydrogens is 269 g/mol. The maximum absolute atomic E-state index is 12.9. The molecule has 110 valence electrons. The summed E-state index contributed by atoms with van der Waals surface area (Å²) in [7, 11) is 3.93. The summed E-state index contributed by atoms with van der Waals surface area (Å²) in [4.78, 5) is 14.0. The largest absolute Gasteiger partial charge is 0.398 e. The lowest BCUT2D eigenvalue weighted by molar-refractivity contribution is 0.0952. The van der Waals surface area contributed by atoms with Crippen molar-refractivity contribution in [2.75, 3.05) is 24.7 Å². The zero-order valence-corrected chi connectivity index (χ0v) is 12.1. The first kappa shape index (κ1) is 14.8. The van der Waals surface area contributed by atoms with Gasteiger partial charge in [0, 0.05) is 32.0 Å². The van der Waals surface area contributed by atoms with E-state index < -0.39 is 5.82 Å². The van der Waals surface area contributed by atoms with Crippen LogP contribution in [0.5, 0.6) is 0 Å². The lowest BCUT2D eigenvalue weighted by atomic mass is 10.1. The van der Waals surface area contributed by atoms with Crippen LogP contribution in [0.3, 0.4) is 0 Å². The summed E-state index contributed by atoms with van der Waals surface area (Å²) >= 11 is 0. The maximum Gasteiger partial charge on any atom is 0.253 e. The summed E-state index contributed by atoms with van der Waals surface area (Å²) < 4.78 is 12.9. The van der Waals surface area contributed by atoms with Gasteiger partial charge in [-0.05, 0) is 35.9 Å². The van der Waals surface area contributed by atoms with Gasteiger partial charge in [-0.2, -0.15) is 0 Å². The highest BCUT2D eigenvalue weighted by Gasteiger charge is 2.10. The van der Waals surface area contributed by atoms with Gasteiger partial charge in [-0.15, -0.1) is 0 Å². The Bertz CT molecular complexity index is 638. The van der Waals surface area contributed by atoms with E-state index in [0.29, 0.717) is 6.54 Å². The van der Waals surface area contributed by atoms with E-state index >= 15 is 0 Å². The first-order valence-corrected chi connectivity index (χ1v) is 6.57. The van der Waals surface area contributed by atoms with Crippen LogP contribution in [0.15, 0.2) is 42.5 Å². The van der Waals surface area contributed by atoms with Gasteiger partial charge in [0.2, 0.25) is 0 Å². The second-order valence-corrected chi connectivity index (χ2v) is 4.98. The van der Waals surface area contributed by atoms with Crippen molar-refractivity contribution >= 4 is 17.3 Å². The fourth-order valence-electron chi connectivity index (χ4n) is 1.93. The van der Waals surface area contributed by atoms with Crippen LogP contribution in [0, 0.1) is 5.82 Å². The monoisotopic (exact) mass is 287 g/mol. The van der Waals surface area contributed by atoms with Crippen molar-refractivity contribution in [2.24, 2.45) is 0 Å². The first-order valence-electron chi connectivity index (χ1n) is 6.57. The van der Waals surface area contributed by atoms with Crippen LogP contribution in [-0.2, 0) is 6.54 Å². The molecule has 0 bridgehead atoms. The molecule has 2 aromatic rings. The molecule has 4 nitrogen and oxygen atoms in total. The molecule has 0 heterocycles. The average Bonchev–Trinajstić information content (AvgIpc) is 2.45. The molecule has 0 radical (unpaired) electrons. The molecule has 0 aliphatic rings. The number of hydrogen-bond donors (Lipinski definition) is 2. The number of anilines is 2. The molecule has 2 aromatic carbocycles. The lowest BCUT2D eigenvalue weighted by Gasteiger charge is -2.13. The van der Waals surface area contributed by atoms with Crippen LogP contribution in [0.2, 0.25) is 0 Å². The van der Waals surface area contributed by atoms with E-state index in [2.05, 4.69) is 5.32 Å². The van der Waals surface area contributed by atoms with E-state index in [9.17, 15) is 9.18 Å². The van der Waals surface area contributed by atoms with E-state index in [1.54, 1.807) is 0 Å². The number of carbonyl (C=O) groups is 1. The summed E-state index contributed by atoms with van der Waals surface area (Å²) in [6.07, 6.45) is 0. The van der Waals surface area contributed by atoms with Gasteiger partial charge in [0.25, 0.3) is 5.91 Å². The van der Waals surface area contributed by atoms with E-state index in [0.717, 1.165) is 17.3 Å². The highest BCUT2D eigenvalue weighted by atomic mass is 19.1. The Morgan fingerprint density at radius 1 is 1.19 bits per heavy atom.